The molecule has 0 radical (unpaired) electrons. The molecule has 0 bridgehead atoms. The second-order valence-corrected chi connectivity index (χ2v) is 14.2. The first kappa shape index (κ1) is 24.6. The second kappa shape index (κ2) is 8.48. The topological polar surface area (TPSA) is 66.5 Å². The molecule has 3 nitrogen and oxygen atoms in total. The van der Waals surface area contributed by atoms with Crippen molar-refractivity contribution in [3.63, 3.8) is 0 Å². The van der Waals surface area contributed by atoms with Gasteiger partial charge in [-0.3, -0.25) is 0 Å². The van der Waals surface area contributed by atoms with Crippen molar-refractivity contribution >= 4 is 0 Å². The third kappa shape index (κ3) is 3.69. The van der Waals surface area contributed by atoms with Crippen LogP contribution in [-0.2, 0) is 0 Å². The minimum absolute atomic E-state index is 0.0737. The van der Waals surface area contributed by atoms with E-state index >= 15 is 0 Å². The van der Waals surface area contributed by atoms with Crippen LogP contribution in [0, 0.1) is 46.3 Å². The number of fused-ring (bicyclic) bond motifs is 5. The van der Waals surface area contributed by atoms with Gasteiger partial charge in [0.05, 0.1) is 11.7 Å². The summed E-state index contributed by atoms with van der Waals surface area (Å²) in [6, 6.07) is 0. The molecule has 5 aliphatic carbocycles. The molecule has 0 aromatic rings. The molecule has 4 unspecified atom stereocenters. The molecular weight excluding hydrogens is 406 g/mol. The van der Waals surface area contributed by atoms with E-state index in [0.29, 0.717) is 35.0 Å². The summed E-state index contributed by atoms with van der Waals surface area (Å²) in [5.74, 6) is 3.73. The Hall–Kier alpha value is -0.120. The predicted molar refractivity (Wildman–Crippen MR) is 136 cm³/mol. The zero-order valence-corrected chi connectivity index (χ0v) is 22.1. The predicted octanol–water partition coefficient (Wildman–Crippen LogP) is 6.45. The Labute approximate surface area is 203 Å². The summed E-state index contributed by atoms with van der Waals surface area (Å²) in [6.07, 6.45) is 17.6. The number of hydrogen-bond donors (Lipinski definition) is 3. The molecule has 5 rings (SSSR count). The van der Waals surface area contributed by atoms with Gasteiger partial charge in [0.1, 0.15) is 0 Å². The largest absolute Gasteiger partial charge is 0.393 e. The third-order valence-electron chi connectivity index (χ3n) is 13.2. The van der Waals surface area contributed by atoms with E-state index in [1.165, 1.54) is 57.8 Å². The summed E-state index contributed by atoms with van der Waals surface area (Å²) in [4.78, 5) is 0. The molecule has 0 amide bonds. The standard InChI is InChI=1S/C30H53NO2/c1-5-29(33)16-15-28(4)22(19-29)10-11-25-24-13-12-23(27(24,3)14-17-30(25,28)31)20(2)26(32)18-21-8-6-7-9-21/h20-26,32-33H,5-19,31H2,1-4H3/t20-,22?,23?,24-,25-,26+,27?,28?,29-,30+/m0/s1. The summed E-state index contributed by atoms with van der Waals surface area (Å²) in [5.41, 5.74) is 7.54. The molecule has 190 valence electrons. The zero-order chi connectivity index (χ0) is 23.6. The highest BCUT2D eigenvalue weighted by atomic mass is 16.3. The van der Waals surface area contributed by atoms with Crippen molar-refractivity contribution < 1.29 is 10.2 Å². The number of nitrogens with two attached hydrogens (primary N) is 1. The first-order valence-corrected chi connectivity index (χ1v) is 14.8. The Morgan fingerprint density at radius 1 is 0.909 bits per heavy atom. The molecule has 33 heavy (non-hydrogen) atoms. The van der Waals surface area contributed by atoms with Crippen LogP contribution in [0.15, 0.2) is 0 Å². The fourth-order valence-electron chi connectivity index (χ4n) is 10.7. The molecule has 5 saturated carbocycles. The van der Waals surface area contributed by atoms with Gasteiger partial charge in [-0.05, 0) is 117 Å². The van der Waals surface area contributed by atoms with Crippen molar-refractivity contribution in [2.75, 3.05) is 0 Å². The van der Waals surface area contributed by atoms with Gasteiger partial charge in [0.25, 0.3) is 0 Å². The van der Waals surface area contributed by atoms with Crippen molar-refractivity contribution in [2.45, 2.75) is 141 Å². The van der Waals surface area contributed by atoms with Crippen LogP contribution in [0.1, 0.15) is 124 Å². The lowest BCUT2D eigenvalue weighted by molar-refractivity contribution is -0.166. The minimum Gasteiger partial charge on any atom is -0.393 e. The highest BCUT2D eigenvalue weighted by Crippen LogP contribution is 2.69. The highest BCUT2D eigenvalue weighted by Gasteiger charge is 2.67. The fraction of sp³-hybridized carbons (Fsp3) is 1.00. The Kier molecular flexibility index (Phi) is 6.31. The lowest BCUT2D eigenvalue weighted by atomic mass is 9.40. The summed E-state index contributed by atoms with van der Waals surface area (Å²) in [5, 5.41) is 22.3. The van der Waals surface area contributed by atoms with E-state index in [4.69, 9.17) is 5.73 Å². The quantitative estimate of drug-likeness (QED) is 0.443. The monoisotopic (exact) mass is 459 g/mol. The van der Waals surface area contributed by atoms with Gasteiger partial charge < -0.3 is 15.9 Å². The van der Waals surface area contributed by atoms with Gasteiger partial charge in [-0.2, -0.15) is 0 Å². The van der Waals surface area contributed by atoms with Gasteiger partial charge >= 0.3 is 0 Å². The molecule has 0 heterocycles. The molecule has 0 aromatic carbocycles. The van der Waals surface area contributed by atoms with E-state index in [9.17, 15) is 10.2 Å². The first-order valence-electron chi connectivity index (χ1n) is 14.8. The Morgan fingerprint density at radius 3 is 2.30 bits per heavy atom. The number of rotatable bonds is 5. The van der Waals surface area contributed by atoms with Crippen LogP contribution in [0.5, 0.6) is 0 Å². The Bertz CT molecular complexity index is 720. The van der Waals surface area contributed by atoms with Crippen LogP contribution in [0.2, 0.25) is 0 Å². The van der Waals surface area contributed by atoms with Crippen molar-refractivity contribution in [1.82, 2.24) is 0 Å². The van der Waals surface area contributed by atoms with Crippen molar-refractivity contribution in [3.8, 4) is 0 Å². The molecular formula is C30H53NO2. The highest BCUT2D eigenvalue weighted by molar-refractivity contribution is 5.19. The van der Waals surface area contributed by atoms with Crippen molar-refractivity contribution in [2.24, 2.45) is 52.1 Å². The van der Waals surface area contributed by atoms with Crippen molar-refractivity contribution in [1.29, 1.82) is 0 Å². The summed E-state index contributed by atoms with van der Waals surface area (Å²) in [7, 11) is 0. The van der Waals surface area contributed by atoms with Crippen molar-refractivity contribution in [3.05, 3.63) is 0 Å². The number of aliphatic hydroxyl groups excluding tert-OH is 1. The molecule has 5 aliphatic rings. The second-order valence-electron chi connectivity index (χ2n) is 14.2. The van der Waals surface area contributed by atoms with E-state index in [-0.39, 0.29) is 17.1 Å². The van der Waals surface area contributed by atoms with E-state index < -0.39 is 5.60 Å². The summed E-state index contributed by atoms with van der Waals surface area (Å²) in [6.45, 7) is 9.60. The number of aliphatic hydroxyl groups is 2. The molecule has 0 aromatic heterocycles. The number of hydrogen-bond acceptors (Lipinski definition) is 3. The molecule has 3 heteroatoms. The first-order chi connectivity index (χ1) is 15.6. The van der Waals surface area contributed by atoms with E-state index in [1.54, 1.807) is 0 Å². The molecule has 4 N–H and O–H groups in total. The molecule has 10 atom stereocenters. The minimum atomic E-state index is -0.458. The van der Waals surface area contributed by atoms with Crippen LogP contribution in [0.25, 0.3) is 0 Å². The van der Waals surface area contributed by atoms with Gasteiger partial charge in [-0.25, -0.2) is 0 Å². The van der Waals surface area contributed by atoms with Crippen LogP contribution >= 0.6 is 0 Å². The van der Waals surface area contributed by atoms with Crippen LogP contribution in [-0.4, -0.2) is 27.5 Å². The summed E-state index contributed by atoms with van der Waals surface area (Å²) >= 11 is 0. The average Bonchev–Trinajstić information content (AvgIpc) is 3.42. The average molecular weight is 460 g/mol. The maximum atomic E-state index is 11.2. The Morgan fingerprint density at radius 2 is 1.61 bits per heavy atom. The SMILES string of the molecule is CC[C@]1(O)CCC2(C)C(CC[C@H]3[C@@H]4CCC([C@H](C)[C@H](O)CC5CCCC5)C4(C)CC[C@@]32N)C1. The summed E-state index contributed by atoms with van der Waals surface area (Å²) < 4.78 is 0. The normalized spacial score (nSPS) is 52.1. The maximum absolute atomic E-state index is 11.2. The molecule has 0 aliphatic heterocycles. The van der Waals surface area contributed by atoms with Crippen LogP contribution in [0.4, 0.5) is 0 Å². The lowest BCUT2D eigenvalue weighted by Gasteiger charge is -2.67. The van der Waals surface area contributed by atoms with Gasteiger partial charge in [0.2, 0.25) is 0 Å². The maximum Gasteiger partial charge on any atom is 0.0648 e. The van der Waals surface area contributed by atoms with E-state index in [2.05, 4.69) is 27.7 Å². The van der Waals surface area contributed by atoms with Gasteiger partial charge in [-0.1, -0.05) is 53.4 Å². The van der Waals surface area contributed by atoms with Crippen LogP contribution < -0.4 is 5.73 Å². The van der Waals surface area contributed by atoms with Gasteiger partial charge in [0.15, 0.2) is 0 Å². The molecule has 5 fully saturated rings. The smallest absolute Gasteiger partial charge is 0.0648 e. The Balaban J connectivity index is 1.34. The van der Waals surface area contributed by atoms with Gasteiger partial charge in [0, 0.05) is 5.54 Å². The zero-order valence-electron chi connectivity index (χ0n) is 22.1. The molecule has 0 spiro atoms. The van der Waals surface area contributed by atoms with Crippen LogP contribution in [0.3, 0.4) is 0 Å². The van der Waals surface area contributed by atoms with E-state index in [0.717, 1.165) is 44.4 Å². The molecule has 0 saturated heterocycles. The van der Waals surface area contributed by atoms with E-state index in [1.807, 2.05) is 0 Å². The lowest BCUT2D eigenvalue weighted by Crippen LogP contribution is -2.70. The third-order valence-corrected chi connectivity index (χ3v) is 13.2. The van der Waals surface area contributed by atoms with Gasteiger partial charge in [-0.15, -0.1) is 0 Å². The fourth-order valence-corrected chi connectivity index (χ4v) is 10.7.